The van der Waals surface area contributed by atoms with Gasteiger partial charge in [-0.15, -0.1) is 0 Å². The fourth-order valence-corrected chi connectivity index (χ4v) is 5.42. The zero-order chi connectivity index (χ0) is 22.4. The zero-order valence-electron chi connectivity index (χ0n) is 17.2. The first-order valence-corrected chi connectivity index (χ1v) is 11.5. The summed E-state index contributed by atoms with van der Waals surface area (Å²) in [5.74, 6) is -3.33. The maximum absolute atomic E-state index is 15.5. The highest BCUT2D eigenvalue weighted by molar-refractivity contribution is 7.55. The van der Waals surface area contributed by atoms with Crippen LogP contribution in [0.5, 0.6) is 0 Å². The highest BCUT2D eigenvalue weighted by Gasteiger charge is 2.36. The van der Waals surface area contributed by atoms with Crippen LogP contribution in [0, 0.1) is 11.6 Å². The first kappa shape index (κ1) is 22.4. The lowest BCUT2D eigenvalue weighted by Crippen LogP contribution is -2.51. The van der Waals surface area contributed by atoms with Gasteiger partial charge in [-0.2, -0.15) is 0 Å². The molecule has 11 heteroatoms. The number of carboxylic acid groups (broad SMARTS) is 1. The van der Waals surface area contributed by atoms with Crippen LogP contribution in [-0.2, 0) is 15.6 Å². The van der Waals surface area contributed by atoms with E-state index in [2.05, 4.69) is 0 Å². The number of aromatic nitrogens is 1. The fraction of sp³-hybridized carbons (Fsp3) is 0.474. The monoisotopic (exact) mass is 443 g/mol. The predicted octanol–water partition coefficient (Wildman–Crippen LogP) is 2.98. The number of piperazine rings is 1. The van der Waals surface area contributed by atoms with E-state index in [1.54, 1.807) is 18.5 Å². The van der Waals surface area contributed by atoms with Gasteiger partial charge in [0.05, 0.1) is 10.9 Å². The molecule has 2 aromatic rings. The van der Waals surface area contributed by atoms with Crippen molar-refractivity contribution >= 4 is 30.1 Å². The third kappa shape index (κ3) is 3.64. The van der Waals surface area contributed by atoms with Crippen LogP contribution >= 0.6 is 7.52 Å². The molecule has 0 spiro atoms. The summed E-state index contributed by atoms with van der Waals surface area (Å²) < 4.78 is 51.1. The van der Waals surface area contributed by atoms with E-state index in [-0.39, 0.29) is 48.8 Å². The largest absolute Gasteiger partial charge is 0.477 e. The Bertz CT molecular complexity index is 1120. The predicted molar refractivity (Wildman–Crippen MR) is 110 cm³/mol. The number of carbonyl (C=O) groups is 1. The summed E-state index contributed by atoms with van der Waals surface area (Å²) in [7, 11) is -1.64. The van der Waals surface area contributed by atoms with Gasteiger partial charge >= 0.3 is 5.97 Å². The van der Waals surface area contributed by atoms with Gasteiger partial charge in [0.25, 0.3) is 7.52 Å². The molecular weight excluding hydrogens is 419 g/mol. The van der Waals surface area contributed by atoms with Gasteiger partial charge in [-0.05, 0) is 19.9 Å². The first-order chi connectivity index (χ1) is 14.0. The van der Waals surface area contributed by atoms with Gasteiger partial charge in [0.15, 0.2) is 5.82 Å². The number of pyridine rings is 1. The molecule has 30 heavy (non-hydrogen) atoms. The number of hydrogen-bond acceptors (Lipinski definition) is 5. The maximum Gasteiger partial charge on any atom is 0.341 e. The number of benzene rings is 1. The van der Waals surface area contributed by atoms with Crippen LogP contribution in [0.25, 0.3) is 10.9 Å². The van der Waals surface area contributed by atoms with E-state index in [4.69, 9.17) is 4.52 Å². The van der Waals surface area contributed by atoms with Crippen LogP contribution in [0.15, 0.2) is 17.1 Å². The molecule has 1 aliphatic heterocycles. The summed E-state index contributed by atoms with van der Waals surface area (Å²) in [5.41, 5.74) is -1.91. The van der Waals surface area contributed by atoms with E-state index in [1.165, 1.54) is 23.2 Å². The summed E-state index contributed by atoms with van der Waals surface area (Å²) in [4.78, 5) is 25.3. The second kappa shape index (κ2) is 8.09. The molecule has 2 atom stereocenters. The molecule has 0 amide bonds. The van der Waals surface area contributed by atoms with Crippen molar-refractivity contribution in [3.8, 4) is 0 Å². The van der Waals surface area contributed by atoms with Crippen LogP contribution in [0.1, 0.15) is 24.2 Å². The normalized spacial score (nSPS) is 19.8. The highest BCUT2D eigenvalue weighted by atomic mass is 31.2. The second-order valence-electron chi connectivity index (χ2n) is 7.32. The van der Waals surface area contributed by atoms with Crippen molar-refractivity contribution < 1.29 is 27.8 Å². The summed E-state index contributed by atoms with van der Waals surface area (Å²) in [5, 5.41) is 8.92. The number of nitrogens with zero attached hydrogens (tertiary/aromatic N) is 3. The number of halogens is 2. The molecule has 164 valence electrons. The van der Waals surface area contributed by atoms with Crippen molar-refractivity contribution in [2.45, 2.75) is 26.4 Å². The SMILES string of the molecule is CCn1cc(C(=O)O)c(=O)c2cc(F)c(N3CCN(P(C)(=O)OC)C(C)C3)c(F)c21. The molecule has 1 saturated heterocycles. The Hall–Kier alpha value is -2.29. The van der Waals surface area contributed by atoms with Crippen LogP contribution < -0.4 is 10.3 Å². The van der Waals surface area contributed by atoms with E-state index in [0.717, 1.165) is 12.3 Å². The van der Waals surface area contributed by atoms with Gasteiger partial charge in [0.2, 0.25) is 5.43 Å². The van der Waals surface area contributed by atoms with Gasteiger partial charge < -0.3 is 19.1 Å². The minimum atomic E-state index is -3.00. The third-order valence-corrected chi connectivity index (χ3v) is 7.72. The topological polar surface area (TPSA) is 92.1 Å². The molecule has 3 rings (SSSR count). The summed E-state index contributed by atoms with van der Waals surface area (Å²) >= 11 is 0. The number of aromatic carboxylic acids is 1. The first-order valence-electron chi connectivity index (χ1n) is 9.47. The van der Waals surface area contributed by atoms with E-state index >= 15 is 4.39 Å². The quantitative estimate of drug-likeness (QED) is 0.711. The maximum atomic E-state index is 15.5. The van der Waals surface area contributed by atoms with Crippen molar-refractivity contribution in [2.75, 3.05) is 38.3 Å². The Labute approximate surface area is 172 Å². The Morgan fingerprint density at radius 2 is 2.03 bits per heavy atom. The fourth-order valence-electron chi connectivity index (χ4n) is 3.96. The second-order valence-corrected chi connectivity index (χ2v) is 9.81. The lowest BCUT2D eigenvalue weighted by molar-refractivity contribution is 0.0694. The minimum absolute atomic E-state index is 0.142. The number of carboxylic acids is 1. The number of rotatable bonds is 5. The molecule has 1 aromatic carbocycles. The van der Waals surface area contributed by atoms with Crippen molar-refractivity contribution in [3.63, 3.8) is 0 Å². The minimum Gasteiger partial charge on any atom is -0.477 e. The van der Waals surface area contributed by atoms with Crippen LogP contribution in [0.3, 0.4) is 0 Å². The zero-order valence-corrected chi connectivity index (χ0v) is 18.1. The molecule has 0 saturated carbocycles. The van der Waals surface area contributed by atoms with E-state index < -0.39 is 36.1 Å². The van der Waals surface area contributed by atoms with Gasteiger partial charge in [-0.3, -0.25) is 9.36 Å². The van der Waals surface area contributed by atoms with Crippen LogP contribution in [0.2, 0.25) is 0 Å². The Morgan fingerprint density at radius 3 is 2.57 bits per heavy atom. The van der Waals surface area contributed by atoms with Crippen LogP contribution in [-0.4, -0.2) is 59.8 Å². The van der Waals surface area contributed by atoms with Gasteiger partial charge in [0.1, 0.15) is 17.1 Å². The van der Waals surface area contributed by atoms with Crippen LogP contribution in [0.4, 0.5) is 14.5 Å². The molecule has 2 heterocycles. The average Bonchev–Trinajstić information content (AvgIpc) is 2.68. The number of aryl methyl sites for hydroxylation is 1. The van der Waals surface area contributed by atoms with Crippen molar-refractivity contribution in [1.82, 2.24) is 9.24 Å². The molecule has 8 nitrogen and oxygen atoms in total. The average molecular weight is 443 g/mol. The van der Waals surface area contributed by atoms with E-state index in [9.17, 15) is 23.7 Å². The molecule has 0 aliphatic carbocycles. The highest BCUT2D eigenvalue weighted by Crippen LogP contribution is 2.48. The third-order valence-electron chi connectivity index (χ3n) is 5.51. The van der Waals surface area contributed by atoms with Gasteiger partial charge in [0, 0.05) is 52.2 Å². The van der Waals surface area contributed by atoms with E-state index in [1.807, 2.05) is 0 Å². The molecule has 0 radical (unpaired) electrons. The molecule has 0 bridgehead atoms. The van der Waals surface area contributed by atoms with E-state index in [0.29, 0.717) is 0 Å². The molecule has 1 N–H and O–H groups in total. The standard InChI is InChI=1S/C19H24F2N3O5P/c1-5-22-10-13(19(26)27)18(25)12-8-14(20)17(15(21)16(12)22)23-6-7-24(11(2)9-23)30(4,28)29-3/h8,10-11H,5-7,9H2,1-4H3,(H,26,27). The molecular formula is C19H24F2N3O5P. The Balaban J connectivity index is 2.13. The lowest BCUT2D eigenvalue weighted by atomic mass is 10.1. The van der Waals surface area contributed by atoms with Gasteiger partial charge in [-0.1, -0.05) is 0 Å². The molecule has 1 aliphatic rings. The summed E-state index contributed by atoms with van der Waals surface area (Å²) in [6.45, 7) is 5.82. The van der Waals surface area contributed by atoms with Crippen molar-refractivity contribution in [1.29, 1.82) is 0 Å². The number of hydrogen-bond donors (Lipinski definition) is 1. The van der Waals surface area contributed by atoms with Crippen molar-refractivity contribution in [2.24, 2.45) is 0 Å². The van der Waals surface area contributed by atoms with Crippen molar-refractivity contribution in [3.05, 3.63) is 39.7 Å². The Morgan fingerprint density at radius 1 is 1.37 bits per heavy atom. The summed E-state index contributed by atoms with van der Waals surface area (Å²) in [6.07, 6.45) is 1.07. The summed E-state index contributed by atoms with van der Waals surface area (Å²) in [6, 6.07) is 0.595. The smallest absolute Gasteiger partial charge is 0.341 e. The van der Waals surface area contributed by atoms with Gasteiger partial charge in [-0.25, -0.2) is 18.2 Å². The number of anilines is 1. The molecule has 1 aromatic heterocycles. The molecule has 2 unspecified atom stereocenters. The number of fused-ring (bicyclic) bond motifs is 1. The molecule has 1 fully saturated rings. The Kier molecular flexibility index (Phi) is 6.04. The lowest BCUT2D eigenvalue weighted by Gasteiger charge is -2.42.